The maximum absolute atomic E-state index is 7.14. The van der Waals surface area contributed by atoms with Crippen molar-refractivity contribution in [3.05, 3.63) is 118 Å². The van der Waals surface area contributed by atoms with E-state index in [0.29, 0.717) is 6.04 Å². The Morgan fingerprint density at radius 1 is 0.833 bits per heavy atom. The van der Waals surface area contributed by atoms with Crippen molar-refractivity contribution in [3.63, 3.8) is 0 Å². The molecule has 4 aromatic carbocycles. The van der Waals surface area contributed by atoms with E-state index in [4.69, 9.17) is 16.6 Å². The van der Waals surface area contributed by atoms with E-state index in [1.165, 1.54) is 49.5 Å². The number of fused-ring (bicyclic) bond motifs is 6. The monoisotopic (exact) mass is 570 g/mol. The molecule has 3 heteroatoms. The highest BCUT2D eigenvalue weighted by molar-refractivity contribution is 6.32. The fraction of sp³-hybridized carbons (Fsp3) is 0.308. The molecule has 212 valence electrons. The van der Waals surface area contributed by atoms with E-state index in [-0.39, 0.29) is 10.8 Å². The van der Waals surface area contributed by atoms with Crippen LogP contribution in [0.4, 0.5) is 11.4 Å². The molecule has 0 bridgehead atoms. The smallest absolute Gasteiger partial charge is 0.0681 e. The number of rotatable bonds is 4. The molecular formula is C39H39ClN2. The third kappa shape index (κ3) is 4.18. The van der Waals surface area contributed by atoms with Crippen LogP contribution in [0.15, 0.2) is 112 Å². The molecule has 0 saturated carbocycles. The molecule has 2 aliphatic heterocycles. The summed E-state index contributed by atoms with van der Waals surface area (Å²) in [4.78, 5) is 7.57. The first kappa shape index (κ1) is 27.2. The summed E-state index contributed by atoms with van der Waals surface area (Å²) >= 11 is 7.14. The van der Waals surface area contributed by atoms with E-state index < -0.39 is 0 Å². The Kier molecular flexibility index (Phi) is 6.47. The van der Waals surface area contributed by atoms with E-state index in [9.17, 15) is 0 Å². The van der Waals surface area contributed by atoms with Gasteiger partial charge in [0, 0.05) is 34.6 Å². The molecule has 0 fully saturated rings. The number of nitrogens with zero attached hydrogens (tertiary/aromatic N) is 2. The van der Waals surface area contributed by atoms with Crippen molar-refractivity contribution in [2.75, 3.05) is 11.9 Å². The zero-order valence-electron chi connectivity index (χ0n) is 25.3. The van der Waals surface area contributed by atoms with Crippen LogP contribution in [0.5, 0.6) is 0 Å². The Hall–Kier alpha value is -3.62. The van der Waals surface area contributed by atoms with Crippen molar-refractivity contribution in [1.29, 1.82) is 0 Å². The van der Waals surface area contributed by atoms with E-state index in [2.05, 4.69) is 131 Å². The first-order chi connectivity index (χ1) is 20.2. The Morgan fingerprint density at radius 3 is 2.24 bits per heavy atom. The molecule has 4 aromatic rings. The first-order valence-corrected chi connectivity index (χ1v) is 15.7. The maximum Gasteiger partial charge on any atom is 0.0681 e. The van der Waals surface area contributed by atoms with Gasteiger partial charge in [0.1, 0.15) is 0 Å². The van der Waals surface area contributed by atoms with Crippen LogP contribution in [0.1, 0.15) is 64.5 Å². The van der Waals surface area contributed by atoms with E-state index in [1.807, 2.05) is 0 Å². The van der Waals surface area contributed by atoms with Crippen molar-refractivity contribution < 1.29 is 0 Å². The number of likely N-dealkylation sites (N-methyl/N-ethyl adjacent to an activating group) is 1. The maximum atomic E-state index is 7.14. The molecule has 1 unspecified atom stereocenters. The van der Waals surface area contributed by atoms with E-state index in [0.717, 1.165) is 42.1 Å². The molecule has 0 amide bonds. The minimum Gasteiger partial charge on any atom is -0.370 e. The molecule has 0 spiro atoms. The lowest BCUT2D eigenvalue weighted by Crippen LogP contribution is -2.39. The topological polar surface area (TPSA) is 15.6 Å². The quantitative estimate of drug-likeness (QED) is 0.238. The number of aliphatic imine (C=N–C) groups is 1. The zero-order chi connectivity index (χ0) is 29.2. The van der Waals surface area contributed by atoms with Gasteiger partial charge < -0.3 is 4.90 Å². The van der Waals surface area contributed by atoms with Crippen LogP contribution >= 0.6 is 11.6 Å². The lowest BCUT2D eigenvalue weighted by atomic mass is 9.77. The highest BCUT2D eigenvalue weighted by Crippen LogP contribution is 2.49. The Balaban J connectivity index is 1.15. The lowest BCUT2D eigenvalue weighted by Gasteiger charge is -2.32. The van der Waals surface area contributed by atoms with Crippen molar-refractivity contribution in [3.8, 4) is 0 Å². The van der Waals surface area contributed by atoms with Crippen LogP contribution in [0.25, 0.3) is 21.5 Å². The Bertz CT molecular complexity index is 1870. The third-order valence-electron chi connectivity index (χ3n) is 10.1. The van der Waals surface area contributed by atoms with Crippen molar-refractivity contribution >= 4 is 50.2 Å². The van der Waals surface area contributed by atoms with Gasteiger partial charge in [-0.2, -0.15) is 0 Å². The molecule has 7 rings (SSSR count). The van der Waals surface area contributed by atoms with Gasteiger partial charge in [-0.25, -0.2) is 0 Å². The van der Waals surface area contributed by atoms with Crippen LogP contribution in [0, 0.1) is 0 Å². The van der Waals surface area contributed by atoms with Gasteiger partial charge in [-0.05, 0) is 87.7 Å². The van der Waals surface area contributed by atoms with Gasteiger partial charge in [-0.3, -0.25) is 4.99 Å². The number of halogens is 1. The molecule has 1 aliphatic carbocycles. The molecule has 0 N–H and O–H groups in total. The van der Waals surface area contributed by atoms with Crippen LogP contribution in [-0.2, 0) is 10.8 Å². The predicted octanol–water partition coefficient (Wildman–Crippen LogP) is 10.7. The largest absolute Gasteiger partial charge is 0.370 e. The summed E-state index contributed by atoms with van der Waals surface area (Å²) in [6.45, 7) is 9.39. The van der Waals surface area contributed by atoms with Crippen molar-refractivity contribution in [2.45, 2.75) is 70.3 Å². The van der Waals surface area contributed by atoms with Crippen LogP contribution in [0.3, 0.4) is 0 Å². The molecule has 2 nitrogen and oxygen atoms in total. The van der Waals surface area contributed by atoms with Crippen LogP contribution in [0.2, 0.25) is 0 Å². The van der Waals surface area contributed by atoms with Gasteiger partial charge in [0.15, 0.2) is 0 Å². The van der Waals surface area contributed by atoms with Crippen molar-refractivity contribution in [2.24, 2.45) is 4.99 Å². The van der Waals surface area contributed by atoms with Gasteiger partial charge in [0.05, 0.1) is 11.4 Å². The second-order valence-electron chi connectivity index (χ2n) is 13.3. The number of hydrogen-bond acceptors (Lipinski definition) is 2. The van der Waals surface area contributed by atoms with E-state index >= 15 is 0 Å². The normalized spacial score (nSPS) is 22.0. The standard InChI is InChI=1S/C39H39ClN2/c1-38(2)33(41-31-21-17-25-11-6-8-15-29(25)35(31)38)23-19-27-13-10-14-28(37(27)40)20-24-34-39(3,4)36-30-16-9-7-12-26(30)18-22-32(36)42(34)5/h6-9,11-12,15-23,34H,10,13-14,24H2,1-5H3/b23-19+,28-20+. The average molecular weight is 571 g/mol. The molecule has 42 heavy (non-hydrogen) atoms. The summed E-state index contributed by atoms with van der Waals surface area (Å²) in [5.41, 5.74) is 8.70. The van der Waals surface area contributed by atoms with Gasteiger partial charge in [0.2, 0.25) is 0 Å². The van der Waals surface area contributed by atoms with Crippen molar-refractivity contribution in [1.82, 2.24) is 0 Å². The zero-order valence-corrected chi connectivity index (χ0v) is 26.1. The molecule has 2 heterocycles. The number of anilines is 1. The highest BCUT2D eigenvalue weighted by atomic mass is 35.5. The lowest BCUT2D eigenvalue weighted by molar-refractivity contribution is 0.431. The average Bonchev–Trinajstić information content (AvgIpc) is 3.36. The van der Waals surface area contributed by atoms with Gasteiger partial charge in [-0.15, -0.1) is 0 Å². The van der Waals surface area contributed by atoms with Crippen LogP contribution in [-0.4, -0.2) is 18.8 Å². The Labute approximate surface area is 255 Å². The molecule has 3 aliphatic rings. The fourth-order valence-electron chi connectivity index (χ4n) is 7.83. The number of benzene rings is 4. The Morgan fingerprint density at radius 2 is 1.50 bits per heavy atom. The minimum absolute atomic E-state index is 0.0287. The molecule has 0 aromatic heterocycles. The summed E-state index contributed by atoms with van der Waals surface area (Å²) in [6, 6.07) is 26.7. The predicted molar refractivity (Wildman–Crippen MR) is 182 cm³/mol. The number of hydrogen-bond donors (Lipinski definition) is 0. The summed E-state index contributed by atoms with van der Waals surface area (Å²) in [7, 11) is 2.25. The molecule has 0 radical (unpaired) electrons. The highest BCUT2D eigenvalue weighted by Gasteiger charge is 2.43. The van der Waals surface area contributed by atoms with Crippen LogP contribution < -0.4 is 4.90 Å². The number of allylic oxidation sites excluding steroid dienone is 5. The summed E-state index contributed by atoms with van der Waals surface area (Å²) in [6.07, 6.45) is 11.0. The van der Waals surface area contributed by atoms with Gasteiger partial charge in [-0.1, -0.05) is 112 Å². The molecule has 1 atom stereocenters. The third-order valence-corrected chi connectivity index (χ3v) is 10.6. The van der Waals surface area contributed by atoms with Gasteiger partial charge >= 0.3 is 0 Å². The van der Waals surface area contributed by atoms with E-state index in [1.54, 1.807) is 0 Å². The SMILES string of the molecule is CN1c2ccc3ccccc3c2C(C)(C)C1C/C=C1\CCCC(/C=C/C2=Nc3ccc4ccccc4c3C2(C)C)=C1Cl. The second kappa shape index (κ2) is 9.99. The first-order valence-electron chi connectivity index (χ1n) is 15.3. The molecule has 0 saturated heterocycles. The second-order valence-corrected chi connectivity index (χ2v) is 13.7. The summed E-state index contributed by atoms with van der Waals surface area (Å²) in [5, 5.41) is 6.18. The van der Waals surface area contributed by atoms with Gasteiger partial charge in [0.25, 0.3) is 0 Å². The summed E-state index contributed by atoms with van der Waals surface area (Å²) in [5.74, 6) is 0. The summed E-state index contributed by atoms with van der Waals surface area (Å²) < 4.78 is 0. The molecular weight excluding hydrogens is 532 g/mol. The fourth-order valence-corrected chi connectivity index (χ4v) is 8.16. The minimum atomic E-state index is -0.162.